The Morgan fingerprint density at radius 2 is 2.25 bits per heavy atom. The maximum absolute atomic E-state index is 13.6. The summed E-state index contributed by atoms with van der Waals surface area (Å²) >= 11 is 0. The van der Waals surface area contributed by atoms with E-state index in [0.717, 1.165) is 67.6 Å². The number of benzene rings is 1. The molecule has 6 nitrogen and oxygen atoms in total. The van der Waals surface area contributed by atoms with Crippen LogP contribution in [0, 0.1) is 19.7 Å². The Bertz CT molecular complexity index is 784. The van der Waals surface area contributed by atoms with Crippen molar-refractivity contribution in [3.05, 3.63) is 47.1 Å². The highest BCUT2D eigenvalue weighted by molar-refractivity contribution is 5.80. The second-order valence-corrected chi connectivity index (χ2v) is 7.22. The Balaban J connectivity index is 1.59. The quantitative estimate of drug-likeness (QED) is 0.589. The van der Waals surface area contributed by atoms with Crippen molar-refractivity contribution in [2.24, 2.45) is 4.99 Å². The maximum Gasteiger partial charge on any atom is 0.191 e. The normalized spacial score (nSPS) is 17.6. The van der Waals surface area contributed by atoms with Gasteiger partial charge in [-0.25, -0.2) is 4.39 Å². The van der Waals surface area contributed by atoms with Crippen LogP contribution >= 0.6 is 0 Å². The number of nitrogens with one attached hydrogen (secondary N) is 2. The lowest BCUT2D eigenvalue weighted by atomic mass is 10.0. The third-order valence-corrected chi connectivity index (χ3v) is 5.09. The smallest absolute Gasteiger partial charge is 0.191 e. The van der Waals surface area contributed by atoms with Crippen LogP contribution in [0.5, 0.6) is 0 Å². The molecule has 0 bridgehead atoms. The minimum Gasteiger partial charge on any atom is -0.369 e. The van der Waals surface area contributed by atoms with Gasteiger partial charge in [0.2, 0.25) is 0 Å². The average Bonchev–Trinajstić information content (AvgIpc) is 3.00. The van der Waals surface area contributed by atoms with Crippen molar-refractivity contribution >= 4 is 11.6 Å². The molecule has 0 spiro atoms. The van der Waals surface area contributed by atoms with Crippen LogP contribution < -0.4 is 15.5 Å². The molecule has 2 heterocycles. The Labute approximate surface area is 166 Å². The molecule has 7 heteroatoms. The number of piperidine rings is 1. The van der Waals surface area contributed by atoms with Crippen LogP contribution in [0.1, 0.15) is 36.8 Å². The minimum absolute atomic E-state index is 0.193. The van der Waals surface area contributed by atoms with Crippen molar-refractivity contribution in [3.63, 3.8) is 0 Å². The Morgan fingerprint density at radius 3 is 2.96 bits per heavy atom. The van der Waals surface area contributed by atoms with E-state index in [1.54, 1.807) is 12.1 Å². The lowest BCUT2D eigenvalue weighted by molar-refractivity contribution is 0.392. The minimum atomic E-state index is -0.193. The molecule has 1 unspecified atom stereocenters. The van der Waals surface area contributed by atoms with Crippen LogP contribution in [-0.2, 0) is 6.42 Å². The number of aliphatic imine (C=N–C) groups is 1. The summed E-state index contributed by atoms with van der Waals surface area (Å²) in [6.45, 7) is 9.20. The molecular weight excluding hydrogens is 357 g/mol. The van der Waals surface area contributed by atoms with Gasteiger partial charge >= 0.3 is 0 Å². The van der Waals surface area contributed by atoms with E-state index in [1.165, 1.54) is 6.07 Å². The lowest BCUT2D eigenvalue weighted by Crippen LogP contribution is -2.51. The van der Waals surface area contributed by atoms with E-state index in [9.17, 15) is 4.39 Å². The number of aryl methyl sites for hydroxylation is 2. The molecule has 2 N–H and O–H groups in total. The molecule has 0 amide bonds. The second kappa shape index (κ2) is 9.57. The van der Waals surface area contributed by atoms with Crippen LogP contribution in [0.25, 0.3) is 0 Å². The van der Waals surface area contributed by atoms with Gasteiger partial charge in [0, 0.05) is 43.5 Å². The number of halogens is 1. The summed E-state index contributed by atoms with van der Waals surface area (Å²) in [5, 5.41) is 10.9. The van der Waals surface area contributed by atoms with Crippen molar-refractivity contribution in [1.82, 2.24) is 15.8 Å². The van der Waals surface area contributed by atoms with E-state index < -0.39 is 0 Å². The Morgan fingerprint density at radius 1 is 1.39 bits per heavy atom. The van der Waals surface area contributed by atoms with Gasteiger partial charge < -0.3 is 20.1 Å². The first-order chi connectivity index (χ1) is 13.6. The summed E-state index contributed by atoms with van der Waals surface area (Å²) in [4.78, 5) is 6.96. The van der Waals surface area contributed by atoms with Crippen molar-refractivity contribution in [2.75, 3.05) is 31.1 Å². The third-order valence-electron chi connectivity index (χ3n) is 5.09. The topological polar surface area (TPSA) is 65.7 Å². The SMILES string of the molecule is CCNC(=NCCc1c(C)noc1C)NC1CCCN(c2cccc(F)c2)C1. The van der Waals surface area contributed by atoms with Gasteiger partial charge in [0.05, 0.1) is 5.69 Å². The van der Waals surface area contributed by atoms with Crippen LogP contribution in [0.2, 0.25) is 0 Å². The van der Waals surface area contributed by atoms with Crippen LogP contribution in [0.3, 0.4) is 0 Å². The van der Waals surface area contributed by atoms with Gasteiger partial charge in [0.1, 0.15) is 11.6 Å². The van der Waals surface area contributed by atoms with Gasteiger partial charge in [-0.15, -0.1) is 0 Å². The molecule has 3 rings (SSSR count). The van der Waals surface area contributed by atoms with Crippen molar-refractivity contribution in [3.8, 4) is 0 Å². The fraction of sp³-hybridized carbons (Fsp3) is 0.524. The molecule has 0 saturated carbocycles. The average molecular weight is 388 g/mol. The van der Waals surface area contributed by atoms with Gasteiger partial charge in [-0.05, 0) is 58.2 Å². The highest BCUT2D eigenvalue weighted by Crippen LogP contribution is 2.20. The first kappa shape index (κ1) is 20.2. The highest BCUT2D eigenvalue weighted by Gasteiger charge is 2.21. The van der Waals surface area contributed by atoms with E-state index in [0.29, 0.717) is 6.54 Å². The van der Waals surface area contributed by atoms with E-state index in [-0.39, 0.29) is 11.9 Å². The van der Waals surface area contributed by atoms with Crippen LogP contribution in [0.15, 0.2) is 33.8 Å². The van der Waals surface area contributed by atoms with Crippen molar-refractivity contribution < 1.29 is 8.91 Å². The number of hydrogen-bond acceptors (Lipinski definition) is 4. The molecule has 0 radical (unpaired) electrons. The lowest BCUT2D eigenvalue weighted by Gasteiger charge is -2.35. The predicted molar refractivity (Wildman–Crippen MR) is 110 cm³/mol. The molecule has 2 aromatic rings. The zero-order chi connectivity index (χ0) is 19.9. The molecule has 1 aromatic heterocycles. The van der Waals surface area contributed by atoms with E-state index in [2.05, 4.69) is 27.6 Å². The molecule has 1 aliphatic rings. The van der Waals surface area contributed by atoms with Gasteiger partial charge in [0.15, 0.2) is 5.96 Å². The third kappa shape index (κ3) is 5.24. The predicted octanol–water partition coefficient (Wildman–Crippen LogP) is 3.20. The summed E-state index contributed by atoms with van der Waals surface area (Å²) in [5.41, 5.74) is 3.00. The number of nitrogens with zero attached hydrogens (tertiary/aromatic N) is 3. The molecule has 1 atom stereocenters. The molecule has 0 aliphatic carbocycles. The van der Waals surface area contributed by atoms with Gasteiger partial charge in [-0.2, -0.15) is 0 Å². The zero-order valence-corrected chi connectivity index (χ0v) is 17.0. The molecule has 28 heavy (non-hydrogen) atoms. The van der Waals surface area contributed by atoms with Crippen LogP contribution in [-0.4, -0.2) is 43.3 Å². The second-order valence-electron chi connectivity index (χ2n) is 7.22. The van der Waals surface area contributed by atoms with E-state index >= 15 is 0 Å². The van der Waals surface area contributed by atoms with Gasteiger partial charge in [-0.3, -0.25) is 4.99 Å². The fourth-order valence-electron chi connectivity index (χ4n) is 3.65. The highest BCUT2D eigenvalue weighted by atomic mass is 19.1. The van der Waals surface area contributed by atoms with E-state index in [4.69, 9.17) is 9.52 Å². The summed E-state index contributed by atoms with van der Waals surface area (Å²) in [7, 11) is 0. The first-order valence-electron chi connectivity index (χ1n) is 10.0. The summed E-state index contributed by atoms with van der Waals surface area (Å²) < 4.78 is 18.8. The number of aromatic nitrogens is 1. The molecular formula is C21H30FN5O. The molecule has 1 aromatic carbocycles. The van der Waals surface area contributed by atoms with Crippen molar-refractivity contribution in [2.45, 2.75) is 46.1 Å². The standard InChI is InChI=1S/C21H30FN5O/c1-4-23-21(24-11-10-20-15(2)26-28-16(20)3)25-18-8-6-12-27(14-18)19-9-5-7-17(22)13-19/h5,7,9,13,18H,4,6,8,10-12,14H2,1-3H3,(H2,23,24,25). The van der Waals surface area contributed by atoms with Gasteiger partial charge in [-0.1, -0.05) is 11.2 Å². The largest absolute Gasteiger partial charge is 0.369 e. The number of anilines is 1. The molecule has 1 saturated heterocycles. The Kier molecular flexibility index (Phi) is 6.90. The molecule has 152 valence electrons. The van der Waals surface area contributed by atoms with Gasteiger partial charge in [0.25, 0.3) is 0 Å². The monoisotopic (exact) mass is 387 g/mol. The number of hydrogen-bond donors (Lipinski definition) is 2. The fourth-order valence-corrected chi connectivity index (χ4v) is 3.65. The van der Waals surface area contributed by atoms with Crippen molar-refractivity contribution in [1.29, 1.82) is 0 Å². The Hall–Kier alpha value is -2.57. The molecule has 1 aliphatic heterocycles. The summed E-state index contributed by atoms with van der Waals surface area (Å²) in [5.74, 6) is 1.49. The number of guanidine groups is 1. The summed E-state index contributed by atoms with van der Waals surface area (Å²) in [6, 6.07) is 7.09. The number of rotatable bonds is 6. The molecule has 1 fully saturated rings. The first-order valence-corrected chi connectivity index (χ1v) is 10.0. The maximum atomic E-state index is 13.6. The van der Waals surface area contributed by atoms with Crippen LogP contribution in [0.4, 0.5) is 10.1 Å². The zero-order valence-electron chi connectivity index (χ0n) is 17.0. The summed E-state index contributed by atoms with van der Waals surface area (Å²) in [6.07, 6.45) is 2.94. The van der Waals surface area contributed by atoms with E-state index in [1.807, 2.05) is 19.9 Å².